The zero-order valence-corrected chi connectivity index (χ0v) is 9.76. The van der Waals surface area contributed by atoms with Crippen LogP contribution in [0.4, 0.5) is 0 Å². The molecule has 0 amide bonds. The van der Waals surface area contributed by atoms with Crippen LogP contribution in [0, 0.1) is 11.3 Å². The molecule has 0 saturated heterocycles. The Balaban J connectivity index is 2.46. The van der Waals surface area contributed by atoms with E-state index in [0.29, 0.717) is 10.9 Å². The van der Waals surface area contributed by atoms with E-state index in [9.17, 15) is 4.79 Å². The Morgan fingerprint density at radius 2 is 2.06 bits per heavy atom. The van der Waals surface area contributed by atoms with Crippen LogP contribution in [0.15, 0.2) is 9.95 Å². The Hall–Kier alpha value is -1.28. The lowest BCUT2D eigenvalue weighted by Gasteiger charge is -2.21. The van der Waals surface area contributed by atoms with Crippen molar-refractivity contribution in [3.05, 3.63) is 21.6 Å². The highest BCUT2D eigenvalue weighted by molar-refractivity contribution is 7.80. The van der Waals surface area contributed by atoms with Gasteiger partial charge < -0.3 is 4.98 Å². The molecule has 0 unspecified atom stereocenters. The van der Waals surface area contributed by atoms with Gasteiger partial charge in [-0.05, 0) is 12.8 Å². The fraction of sp³-hybridized carbons (Fsp3) is 0.545. The third kappa shape index (κ3) is 2.12. The Morgan fingerprint density at radius 3 is 2.69 bits per heavy atom. The summed E-state index contributed by atoms with van der Waals surface area (Å²) >= 11 is 4.05. The first-order chi connectivity index (χ1) is 7.72. The number of hydrogen-bond acceptors (Lipinski definition) is 4. The molecule has 1 aromatic rings. The molecule has 1 saturated carbocycles. The molecule has 1 aliphatic rings. The highest BCUT2D eigenvalue weighted by atomic mass is 32.1. The van der Waals surface area contributed by atoms with Gasteiger partial charge >= 0.3 is 0 Å². The van der Waals surface area contributed by atoms with Crippen LogP contribution in [-0.2, 0) is 0 Å². The first kappa shape index (κ1) is 11.2. The van der Waals surface area contributed by atoms with E-state index in [0.717, 1.165) is 25.7 Å². The van der Waals surface area contributed by atoms with E-state index in [1.807, 2.05) is 6.07 Å². The van der Waals surface area contributed by atoms with Crippen LogP contribution >= 0.6 is 12.6 Å². The van der Waals surface area contributed by atoms with E-state index in [1.54, 1.807) is 0 Å². The third-order valence-corrected chi connectivity index (χ3v) is 3.25. The molecule has 1 aromatic heterocycles. The molecule has 1 aliphatic carbocycles. The molecule has 0 radical (unpaired) electrons. The second-order valence-electron chi connectivity index (χ2n) is 4.10. The topological polar surface area (TPSA) is 69.5 Å². The summed E-state index contributed by atoms with van der Waals surface area (Å²) in [5.41, 5.74) is 0.420. The van der Waals surface area contributed by atoms with Crippen LogP contribution in [0.2, 0.25) is 0 Å². The molecule has 0 aromatic carbocycles. The minimum atomic E-state index is -0.372. The molecule has 1 fully saturated rings. The fourth-order valence-electron chi connectivity index (χ4n) is 2.26. The standard InChI is InChI=1S/C11H13N3OS/c12-6-8-9(7-4-2-1-3-5-7)13-11(16)14-10(8)15/h7H,1-5H2,(H2,13,14,15,16). The first-order valence-corrected chi connectivity index (χ1v) is 5.90. The van der Waals surface area contributed by atoms with Crippen molar-refractivity contribution < 1.29 is 0 Å². The summed E-state index contributed by atoms with van der Waals surface area (Å²) in [6.07, 6.45) is 5.55. The maximum absolute atomic E-state index is 11.6. The van der Waals surface area contributed by atoms with Gasteiger partial charge in [0.2, 0.25) is 0 Å². The fourth-order valence-corrected chi connectivity index (χ4v) is 2.47. The van der Waals surface area contributed by atoms with Crippen molar-refractivity contribution >= 4 is 12.6 Å². The van der Waals surface area contributed by atoms with Crippen molar-refractivity contribution in [1.82, 2.24) is 9.97 Å². The van der Waals surface area contributed by atoms with Crippen LogP contribution < -0.4 is 5.56 Å². The minimum Gasteiger partial charge on any atom is -0.301 e. The third-order valence-electron chi connectivity index (χ3n) is 3.04. The first-order valence-electron chi connectivity index (χ1n) is 5.45. The summed E-state index contributed by atoms with van der Waals surface area (Å²) in [4.78, 5) is 18.2. The van der Waals surface area contributed by atoms with Gasteiger partial charge in [0.05, 0.1) is 5.69 Å². The molecule has 4 nitrogen and oxygen atoms in total. The molecular weight excluding hydrogens is 222 g/mol. The Labute approximate surface area is 99.1 Å². The van der Waals surface area contributed by atoms with Crippen LogP contribution in [0.3, 0.4) is 0 Å². The van der Waals surface area contributed by atoms with Gasteiger partial charge in [0.25, 0.3) is 5.56 Å². The van der Waals surface area contributed by atoms with Gasteiger partial charge in [-0.25, -0.2) is 4.98 Å². The largest absolute Gasteiger partial charge is 0.301 e. The van der Waals surface area contributed by atoms with E-state index in [1.165, 1.54) is 6.42 Å². The summed E-state index contributed by atoms with van der Waals surface area (Å²) in [7, 11) is 0. The van der Waals surface area contributed by atoms with E-state index >= 15 is 0 Å². The predicted octanol–water partition coefficient (Wildman–Crippen LogP) is 1.98. The van der Waals surface area contributed by atoms with Gasteiger partial charge in [0.15, 0.2) is 5.16 Å². The van der Waals surface area contributed by atoms with Crippen molar-refractivity contribution in [3.63, 3.8) is 0 Å². The number of hydrogen-bond donors (Lipinski definition) is 2. The maximum Gasteiger partial charge on any atom is 0.269 e. The lowest BCUT2D eigenvalue weighted by molar-refractivity contribution is 0.433. The molecule has 0 bridgehead atoms. The summed E-state index contributed by atoms with van der Waals surface area (Å²) < 4.78 is 0. The summed E-state index contributed by atoms with van der Waals surface area (Å²) in [5, 5.41) is 9.28. The molecule has 0 aliphatic heterocycles. The van der Waals surface area contributed by atoms with Gasteiger partial charge in [0, 0.05) is 5.92 Å². The van der Waals surface area contributed by atoms with E-state index in [-0.39, 0.29) is 17.0 Å². The van der Waals surface area contributed by atoms with Crippen molar-refractivity contribution in [2.75, 3.05) is 0 Å². The van der Waals surface area contributed by atoms with Crippen LogP contribution in [-0.4, -0.2) is 9.97 Å². The Morgan fingerprint density at radius 1 is 1.38 bits per heavy atom. The quantitative estimate of drug-likeness (QED) is 0.577. The van der Waals surface area contributed by atoms with E-state index < -0.39 is 0 Å². The molecule has 0 spiro atoms. The van der Waals surface area contributed by atoms with Crippen molar-refractivity contribution in [3.8, 4) is 6.07 Å². The molecule has 0 atom stereocenters. The van der Waals surface area contributed by atoms with Crippen LogP contribution in [0.5, 0.6) is 0 Å². The number of aromatic amines is 1. The summed E-state index contributed by atoms with van der Waals surface area (Å²) in [6, 6.07) is 1.95. The highest BCUT2D eigenvalue weighted by Crippen LogP contribution is 2.32. The SMILES string of the molecule is N#Cc1c(C2CCCCC2)nc(S)[nH]c1=O. The summed E-state index contributed by atoms with van der Waals surface area (Å²) in [6.45, 7) is 0. The average molecular weight is 235 g/mol. The number of rotatable bonds is 1. The van der Waals surface area contributed by atoms with Crippen LogP contribution in [0.25, 0.3) is 0 Å². The number of nitrogens with zero attached hydrogens (tertiary/aromatic N) is 2. The predicted molar refractivity (Wildman–Crippen MR) is 62.7 cm³/mol. The number of H-pyrrole nitrogens is 1. The van der Waals surface area contributed by atoms with Gasteiger partial charge in [-0.3, -0.25) is 4.79 Å². The second-order valence-corrected chi connectivity index (χ2v) is 4.52. The van der Waals surface area contributed by atoms with Gasteiger partial charge in [-0.15, -0.1) is 12.6 Å². The van der Waals surface area contributed by atoms with Gasteiger partial charge in [-0.1, -0.05) is 19.3 Å². The number of nitriles is 1. The highest BCUT2D eigenvalue weighted by Gasteiger charge is 2.22. The summed E-state index contributed by atoms with van der Waals surface area (Å²) in [5.74, 6) is 0.247. The Kier molecular flexibility index (Phi) is 3.30. The van der Waals surface area contributed by atoms with E-state index in [4.69, 9.17) is 5.26 Å². The van der Waals surface area contributed by atoms with Crippen molar-refractivity contribution in [2.24, 2.45) is 0 Å². The second kappa shape index (κ2) is 4.71. The number of thiol groups is 1. The maximum atomic E-state index is 11.6. The minimum absolute atomic E-state index is 0.157. The molecule has 5 heteroatoms. The molecule has 1 N–H and O–H groups in total. The lowest BCUT2D eigenvalue weighted by atomic mass is 9.85. The normalized spacial score (nSPS) is 17.0. The molecule has 84 valence electrons. The van der Waals surface area contributed by atoms with Gasteiger partial charge in [-0.2, -0.15) is 5.26 Å². The lowest BCUT2D eigenvalue weighted by Crippen LogP contribution is -2.19. The van der Waals surface area contributed by atoms with Gasteiger partial charge in [0.1, 0.15) is 11.6 Å². The van der Waals surface area contributed by atoms with Crippen molar-refractivity contribution in [1.29, 1.82) is 5.26 Å². The van der Waals surface area contributed by atoms with Crippen molar-refractivity contribution in [2.45, 2.75) is 43.2 Å². The smallest absolute Gasteiger partial charge is 0.269 e. The molecule has 16 heavy (non-hydrogen) atoms. The molecule has 1 heterocycles. The number of nitrogens with one attached hydrogen (secondary N) is 1. The zero-order chi connectivity index (χ0) is 11.5. The van der Waals surface area contributed by atoms with E-state index in [2.05, 4.69) is 22.6 Å². The monoisotopic (exact) mass is 235 g/mol. The average Bonchev–Trinajstić information content (AvgIpc) is 2.29. The van der Waals surface area contributed by atoms with Crippen LogP contribution in [0.1, 0.15) is 49.3 Å². The zero-order valence-electron chi connectivity index (χ0n) is 8.86. The molecule has 2 rings (SSSR count). The Bertz CT molecular complexity index is 483. The number of aromatic nitrogens is 2. The molecular formula is C11H13N3OS.